The van der Waals surface area contributed by atoms with Gasteiger partial charge in [0.25, 0.3) is 14.3 Å². The van der Waals surface area contributed by atoms with Gasteiger partial charge in [0.1, 0.15) is 18.5 Å². The molecule has 1 saturated heterocycles. The number of hydrogen-bond donors (Lipinski definition) is 5. The Kier molecular flexibility index (Phi) is 4.46. The predicted molar refractivity (Wildman–Crippen MR) is 62.3 cm³/mol. The topological polar surface area (TPSA) is 190 Å². The van der Waals surface area contributed by atoms with Crippen LogP contribution >= 0.6 is 8.38 Å². The lowest BCUT2D eigenvalue weighted by Gasteiger charge is -2.14. The number of carbonyl (C=O) groups is 2. The minimum absolute atomic E-state index is 0.338. The molecule has 2 heterocycles. The molecule has 2 rings (SSSR count). The monoisotopic (exact) mass is 322 g/mol. The van der Waals surface area contributed by atoms with Crippen molar-refractivity contribution in [2.45, 2.75) is 24.7 Å². The number of carbonyl (C=O) groups excluding carboxylic acids is 2. The lowest BCUT2D eigenvalue weighted by Crippen LogP contribution is -2.33. The standard InChI is InChI=1S/C8H11N4O8P/c9-4(15)5-10-1-12(11-5)6-2(13)3(14)7(19-6)20-8(16)21(17)18/h1-3,6-7,13-14,17-18H,(H2,9,15)/t2-,3+,6-,7-/m1/s1. The van der Waals surface area contributed by atoms with E-state index in [1.54, 1.807) is 0 Å². The van der Waals surface area contributed by atoms with Crippen LogP contribution in [0.15, 0.2) is 6.33 Å². The zero-order chi connectivity index (χ0) is 15.7. The molecular formula is C8H11N4O8P. The summed E-state index contributed by atoms with van der Waals surface area (Å²) < 4.78 is 10.4. The van der Waals surface area contributed by atoms with E-state index in [0.717, 1.165) is 11.0 Å². The minimum atomic E-state index is -3.01. The van der Waals surface area contributed by atoms with Crippen LogP contribution in [0.1, 0.15) is 16.8 Å². The summed E-state index contributed by atoms with van der Waals surface area (Å²) >= 11 is 0. The summed E-state index contributed by atoms with van der Waals surface area (Å²) in [6.07, 6.45) is -5.13. The average Bonchev–Trinajstić information content (AvgIpc) is 2.99. The van der Waals surface area contributed by atoms with Crippen LogP contribution in [-0.4, -0.2) is 64.9 Å². The van der Waals surface area contributed by atoms with Gasteiger partial charge in [-0.05, 0) is 0 Å². The van der Waals surface area contributed by atoms with Gasteiger partial charge < -0.3 is 35.2 Å². The third-order valence-corrected chi connectivity index (χ3v) is 3.00. The van der Waals surface area contributed by atoms with Crippen molar-refractivity contribution in [3.05, 3.63) is 12.2 Å². The normalized spacial score (nSPS) is 28.8. The van der Waals surface area contributed by atoms with Gasteiger partial charge >= 0.3 is 5.71 Å². The number of nitrogens with zero attached hydrogens (tertiary/aromatic N) is 3. The van der Waals surface area contributed by atoms with Gasteiger partial charge in [-0.3, -0.25) is 4.79 Å². The molecule has 12 nitrogen and oxygen atoms in total. The van der Waals surface area contributed by atoms with E-state index in [1.165, 1.54) is 0 Å². The summed E-state index contributed by atoms with van der Waals surface area (Å²) in [6, 6.07) is 0. The van der Waals surface area contributed by atoms with Crippen molar-refractivity contribution in [3.8, 4) is 0 Å². The Morgan fingerprint density at radius 1 is 1.38 bits per heavy atom. The lowest BCUT2D eigenvalue weighted by molar-refractivity contribution is -0.141. The molecule has 0 saturated carbocycles. The second kappa shape index (κ2) is 5.97. The lowest BCUT2D eigenvalue weighted by atomic mass is 10.2. The molecule has 4 atom stereocenters. The van der Waals surface area contributed by atoms with Crippen LogP contribution < -0.4 is 5.73 Å². The highest BCUT2D eigenvalue weighted by Crippen LogP contribution is 2.33. The fraction of sp³-hybridized carbons (Fsp3) is 0.500. The van der Waals surface area contributed by atoms with Gasteiger partial charge in [-0.15, -0.1) is 5.10 Å². The number of aliphatic hydroxyl groups excluding tert-OH is 2. The molecule has 0 radical (unpaired) electrons. The van der Waals surface area contributed by atoms with Gasteiger partial charge in [0.05, 0.1) is 0 Å². The number of aromatic nitrogens is 3. The van der Waals surface area contributed by atoms with Crippen molar-refractivity contribution in [2.24, 2.45) is 5.73 Å². The summed E-state index contributed by atoms with van der Waals surface area (Å²) in [5, 5.41) is 23.1. The number of hydrogen-bond acceptors (Lipinski definition) is 10. The van der Waals surface area contributed by atoms with E-state index in [0.29, 0.717) is 0 Å². The number of rotatable bonds is 4. The Hall–Kier alpha value is -1.69. The molecule has 0 spiro atoms. The summed E-state index contributed by atoms with van der Waals surface area (Å²) in [7, 11) is -3.01. The van der Waals surface area contributed by atoms with Crippen molar-refractivity contribution in [1.29, 1.82) is 0 Å². The van der Waals surface area contributed by atoms with E-state index >= 15 is 0 Å². The molecule has 1 aromatic rings. The van der Waals surface area contributed by atoms with E-state index in [4.69, 9.17) is 20.3 Å². The number of primary amides is 1. The van der Waals surface area contributed by atoms with E-state index in [-0.39, 0.29) is 5.82 Å². The highest BCUT2D eigenvalue weighted by atomic mass is 31.2. The van der Waals surface area contributed by atoms with Crippen LogP contribution in [0, 0.1) is 0 Å². The predicted octanol–water partition coefficient (Wildman–Crippen LogP) is -2.61. The summed E-state index contributed by atoms with van der Waals surface area (Å²) in [6.45, 7) is 0. The zero-order valence-corrected chi connectivity index (χ0v) is 11.1. The summed E-state index contributed by atoms with van der Waals surface area (Å²) in [5.41, 5.74) is 3.56. The summed E-state index contributed by atoms with van der Waals surface area (Å²) in [5.74, 6) is -1.24. The molecule has 1 aliphatic rings. The Bertz CT molecular complexity index is 550. The average molecular weight is 322 g/mol. The van der Waals surface area contributed by atoms with Gasteiger partial charge in [0.2, 0.25) is 12.1 Å². The molecule has 6 N–H and O–H groups in total. The maximum absolute atomic E-state index is 11.0. The zero-order valence-electron chi connectivity index (χ0n) is 10.2. The van der Waals surface area contributed by atoms with Crippen LogP contribution in [0.25, 0.3) is 0 Å². The molecule has 21 heavy (non-hydrogen) atoms. The summed E-state index contributed by atoms with van der Waals surface area (Å²) in [4.78, 5) is 42.7. The SMILES string of the molecule is NC(=O)c1ncn([C@@H]2O[C@H](OC(=O)P(O)O)[C@@H](O)[C@H]2O)n1. The van der Waals surface area contributed by atoms with Crippen LogP contribution in [0.2, 0.25) is 0 Å². The van der Waals surface area contributed by atoms with Gasteiger partial charge in [-0.2, -0.15) is 0 Å². The van der Waals surface area contributed by atoms with Crippen LogP contribution in [0.5, 0.6) is 0 Å². The third-order valence-electron chi connectivity index (χ3n) is 2.56. The Labute approximate surface area is 117 Å². The fourth-order valence-corrected chi connectivity index (χ4v) is 1.80. The third kappa shape index (κ3) is 3.15. The Balaban J connectivity index is 2.11. The molecule has 1 aromatic heterocycles. The van der Waals surface area contributed by atoms with Crippen LogP contribution in [-0.2, 0) is 9.47 Å². The smallest absolute Gasteiger partial charge is 0.386 e. The molecular weight excluding hydrogens is 311 g/mol. The van der Waals surface area contributed by atoms with E-state index in [1.807, 2.05) is 0 Å². The van der Waals surface area contributed by atoms with E-state index in [9.17, 15) is 19.8 Å². The maximum atomic E-state index is 11.0. The van der Waals surface area contributed by atoms with Crippen LogP contribution in [0.4, 0.5) is 4.79 Å². The quantitative estimate of drug-likeness (QED) is 0.367. The van der Waals surface area contributed by atoms with Gasteiger partial charge in [-0.25, -0.2) is 14.5 Å². The largest absolute Gasteiger partial charge is 0.426 e. The number of nitrogens with two attached hydrogens (primary N) is 1. The first kappa shape index (κ1) is 15.7. The molecule has 1 aliphatic heterocycles. The highest BCUT2D eigenvalue weighted by molar-refractivity contribution is 7.63. The Morgan fingerprint density at radius 2 is 2.05 bits per heavy atom. The minimum Gasteiger partial charge on any atom is -0.426 e. The fourth-order valence-electron chi connectivity index (χ4n) is 1.60. The molecule has 1 amide bonds. The molecule has 1 fully saturated rings. The van der Waals surface area contributed by atoms with Crippen molar-refractivity contribution in [1.82, 2.24) is 14.8 Å². The maximum Gasteiger partial charge on any atom is 0.386 e. The number of aliphatic hydroxyl groups is 2. The van der Waals surface area contributed by atoms with Crippen molar-refractivity contribution in [3.63, 3.8) is 0 Å². The molecule has 0 bridgehead atoms. The van der Waals surface area contributed by atoms with E-state index in [2.05, 4.69) is 14.8 Å². The van der Waals surface area contributed by atoms with E-state index < -0.39 is 44.7 Å². The van der Waals surface area contributed by atoms with Crippen molar-refractivity contribution >= 4 is 20.0 Å². The molecule has 0 aromatic carbocycles. The first-order chi connectivity index (χ1) is 9.81. The first-order valence-corrected chi connectivity index (χ1v) is 6.67. The molecule has 0 unspecified atom stereocenters. The number of amides is 1. The molecule has 0 aliphatic carbocycles. The second-order valence-corrected chi connectivity index (χ2v) is 4.91. The molecule has 13 heteroatoms. The highest BCUT2D eigenvalue weighted by Gasteiger charge is 2.47. The molecule has 116 valence electrons. The van der Waals surface area contributed by atoms with Crippen LogP contribution in [0.3, 0.4) is 0 Å². The number of ether oxygens (including phenoxy) is 2. The van der Waals surface area contributed by atoms with Gasteiger partial charge in [0, 0.05) is 0 Å². The second-order valence-electron chi connectivity index (χ2n) is 3.96. The Morgan fingerprint density at radius 3 is 2.57 bits per heavy atom. The van der Waals surface area contributed by atoms with Crippen molar-refractivity contribution < 1.29 is 39.1 Å². The van der Waals surface area contributed by atoms with Gasteiger partial charge in [0.15, 0.2) is 6.23 Å². The first-order valence-electron chi connectivity index (χ1n) is 5.42. The van der Waals surface area contributed by atoms with Crippen molar-refractivity contribution in [2.75, 3.05) is 0 Å². The van der Waals surface area contributed by atoms with Gasteiger partial charge in [-0.1, -0.05) is 0 Å².